The number of carbonyl (C=O) groups excluding carboxylic acids is 1. The third-order valence-electron chi connectivity index (χ3n) is 4.80. The maximum atomic E-state index is 13.4. The second kappa shape index (κ2) is 9.15. The van der Waals surface area contributed by atoms with Gasteiger partial charge in [0.15, 0.2) is 11.5 Å². The third-order valence-corrected chi connectivity index (χ3v) is 4.80. The van der Waals surface area contributed by atoms with Crippen LogP contribution in [0.2, 0.25) is 0 Å². The van der Waals surface area contributed by atoms with E-state index in [2.05, 4.69) is 0 Å². The van der Waals surface area contributed by atoms with Crippen molar-refractivity contribution in [2.45, 2.75) is 13.3 Å². The molecule has 3 rings (SSSR count). The van der Waals surface area contributed by atoms with E-state index < -0.39 is 0 Å². The van der Waals surface area contributed by atoms with Crippen LogP contribution in [0.15, 0.2) is 72.8 Å². The second-order valence-corrected chi connectivity index (χ2v) is 6.90. The fourth-order valence-electron chi connectivity index (χ4n) is 3.27. The first-order chi connectivity index (χ1) is 14.0. The smallest absolute Gasteiger partial charge is 0.234 e. The first-order valence-electron chi connectivity index (χ1n) is 9.49. The van der Waals surface area contributed by atoms with Crippen LogP contribution in [0.1, 0.15) is 12.5 Å². The molecular formula is C24H26N2O3. The van der Waals surface area contributed by atoms with Crippen LogP contribution in [0.3, 0.4) is 0 Å². The Kier molecular flexibility index (Phi) is 6.39. The second-order valence-electron chi connectivity index (χ2n) is 6.90. The number of anilines is 3. The van der Waals surface area contributed by atoms with E-state index in [0.29, 0.717) is 23.6 Å². The van der Waals surface area contributed by atoms with Crippen molar-refractivity contribution >= 4 is 23.0 Å². The predicted molar refractivity (Wildman–Crippen MR) is 117 cm³/mol. The van der Waals surface area contributed by atoms with Crippen molar-refractivity contribution in [2.24, 2.45) is 5.92 Å². The van der Waals surface area contributed by atoms with Gasteiger partial charge in [-0.2, -0.15) is 0 Å². The van der Waals surface area contributed by atoms with Crippen LogP contribution in [0, 0.1) is 5.92 Å². The number of para-hydroxylation sites is 1. The highest BCUT2D eigenvalue weighted by atomic mass is 16.5. The summed E-state index contributed by atoms with van der Waals surface area (Å²) in [4.78, 5) is 15.2. The van der Waals surface area contributed by atoms with Gasteiger partial charge in [-0.3, -0.25) is 9.69 Å². The average molecular weight is 390 g/mol. The summed E-state index contributed by atoms with van der Waals surface area (Å²) in [6.45, 7) is 1.94. The van der Waals surface area contributed by atoms with E-state index >= 15 is 0 Å². The van der Waals surface area contributed by atoms with Gasteiger partial charge in [0.2, 0.25) is 5.91 Å². The molecular weight excluding hydrogens is 364 g/mol. The van der Waals surface area contributed by atoms with Gasteiger partial charge in [0.05, 0.1) is 14.2 Å². The van der Waals surface area contributed by atoms with E-state index in [0.717, 1.165) is 16.9 Å². The lowest BCUT2D eigenvalue weighted by Crippen LogP contribution is -2.32. The number of rotatable bonds is 7. The summed E-state index contributed by atoms with van der Waals surface area (Å²) >= 11 is 0. The molecule has 0 fully saturated rings. The van der Waals surface area contributed by atoms with Gasteiger partial charge in [0, 0.05) is 23.0 Å². The van der Waals surface area contributed by atoms with Crippen molar-refractivity contribution < 1.29 is 14.3 Å². The SMILES string of the molecule is COc1ccc(CC(C)C(=O)N(c2ccccc2)c2ccc(N)cc2)cc1OC. The summed E-state index contributed by atoms with van der Waals surface area (Å²) in [6.07, 6.45) is 0.581. The molecule has 0 radical (unpaired) electrons. The number of carbonyl (C=O) groups is 1. The Bertz CT molecular complexity index is 956. The van der Waals surface area contributed by atoms with Crippen molar-refractivity contribution in [3.05, 3.63) is 78.4 Å². The summed E-state index contributed by atoms with van der Waals surface area (Å²) in [7, 11) is 3.21. The molecule has 0 aromatic heterocycles. The predicted octanol–water partition coefficient (Wildman–Crippen LogP) is 4.83. The zero-order valence-electron chi connectivity index (χ0n) is 17.0. The summed E-state index contributed by atoms with van der Waals surface area (Å²) in [6, 6.07) is 22.7. The van der Waals surface area contributed by atoms with Crippen LogP contribution in [0.4, 0.5) is 17.1 Å². The number of benzene rings is 3. The van der Waals surface area contributed by atoms with Crippen LogP contribution in [0.5, 0.6) is 11.5 Å². The van der Waals surface area contributed by atoms with Gasteiger partial charge in [-0.25, -0.2) is 0 Å². The molecule has 5 heteroatoms. The summed E-state index contributed by atoms with van der Waals surface area (Å²) in [5.74, 6) is 1.09. The highest BCUT2D eigenvalue weighted by Crippen LogP contribution is 2.31. The number of nitrogens with zero attached hydrogens (tertiary/aromatic N) is 1. The maximum absolute atomic E-state index is 13.4. The average Bonchev–Trinajstić information content (AvgIpc) is 2.75. The summed E-state index contributed by atoms with van der Waals surface area (Å²) in [5.41, 5.74) is 9.10. The van der Waals surface area contributed by atoms with E-state index in [1.54, 1.807) is 31.3 Å². The maximum Gasteiger partial charge on any atom is 0.234 e. The Morgan fingerprint density at radius 3 is 2.14 bits per heavy atom. The number of hydrogen-bond acceptors (Lipinski definition) is 4. The standard InChI is InChI=1S/C24H26N2O3/c1-17(15-18-9-14-22(28-2)23(16-18)29-3)24(27)26(20-7-5-4-6-8-20)21-12-10-19(25)11-13-21/h4-14,16-17H,15,25H2,1-3H3. The van der Waals surface area contributed by atoms with Gasteiger partial charge in [0.25, 0.3) is 0 Å². The van der Waals surface area contributed by atoms with Gasteiger partial charge in [-0.15, -0.1) is 0 Å². The highest BCUT2D eigenvalue weighted by Gasteiger charge is 2.24. The van der Waals surface area contributed by atoms with Gasteiger partial charge < -0.3 is 15.2 Å². The molecule has 0 spiro atoms. The molecule has 5 nitrogen and oxygen atoms in total. The van der Waals surface area contributed by atoms with Gasteiger partial charge >= 0.3 is 0 Å². The van der Waals surface area contributed by atoms with E-state index in [-0.39, 0.29) is 11.8 Å². The molecule has 1 atom stereocenters. The van der Waals surface area contributed by atoms with Crippen LogP contribution in [-0.2, 0) is 11.2 Å². The minimum absolute atomic E-state index is 0.00996. The molecule has 0 bridgehead atoms. The van der Waals surface area contributed by atoms with Crippen LogP contribution >= 0.6 is 0 Å². The first kappa shape index (κ1) is 20.3. The van der Waals surface area contributed by atoms with Crippen molar-refractivity contribution in [3.63, 3.8) is 0 Å². The molecule has 150 valence electrons. The van der Waals surface area contributed by atoms with E-state index in [1.807, 2.05) is 67.6 Å². The number of nitrogens with two attached hydrogens (primary N) is 1. The monoisotopic (exact) mass is 390 g/mol. The van der Waals surface area contributed by atoms with Gasteiger partial charge in [-0.05, 0) is 60.5 Å². The molecule has 0 aliphatic heterocycles. The number of nitrogen functional groups attached to an aromatic ring is 1. The number of amides is 1. The Labute approximate surface area is 171 Å². The van der Waals surface area contributed by atoms with E-state index in [4.69, 9.17) is 15.2 Å². The molecule has 2 N–H and O–H groups in total. The minimum Gasteiger partial charge on any atom is -0.493 e. The number of hydrogen-bond donors (Lipinski definition) is 1. The van der Waals surface area contributed by atoms with Gasteiger partial charge in [0.1, 0.15) is 0 Å². The topological polar surface area (TPSA) is 64.8 Å². The van der Waals surface area contributed by atoms with Crippen LogP contribution in [-0.4, -0.2) is 20.1 Å². The molecule has 3 aromatic carbocycles. The molecule has 0 saturated carbocycles. The molecule has 0 aliphatic rings. The largest absolute Gasteiger partial charge is 0.493 e. The molecule has 0 saturated heterocycles. The molecule has 1 unspecified atom stereocenters. The Hall–Kier alpha value is -3.47. The summed E-state index contributed by atoms with van der Waals surface area (Å²) < 4.78 is 10.7. The molecule has 0 aliphatic carbocycles. The van der Waals surface area contributed by atoms with Crippen molar-refractivity contribution in [2.75, 3.05) is 24.9 Å². The van der Waals surface area contributed by atoms with E-state index in [1.165, 1.54) is 0 Å². The third kappa shape index (κ3) is 4.69. The first-order valence-corrected chi connectivity index (χ1v) is 9.49. The van der Waals surface area contributed by atoms with Crippen molar-refractivity contribution in [3.8, 4) is 11.5 Å². The normalized spacial score (nSPS) is 11.6. The van der Waals surface area contributed by atoms with Crippen LogP contribution < -0.4 is 20.1 Å². The lowest BCUT2D eigenvalue weighted by Gasteiger charge is -2.26. The Morgan fingerprint density at radius 1 is 0.897 bits per heavy atom. The zero-order chi connectivity index (χ0) is 20.8. The van der Waals surface area contributed by atoms with Gasteiger partial charge in [-0.1, -0.05) is 31.2 Å². The lowest BCUT2D eigenvalue weighted by atomic mass is 9.98. The molecule has 29 heavy (non-hydrogen) atoms. The highest BCUT2D eigenvalue weighted by molar-refractivity contribution is 6.01. The Morgan fingerprint density at radius 2 is 1.52 bits per heavy atom. The Balaban J connectivity index is 1.88. The molecule has 1 amide bonds. The minimum atomic E-state index is -0.245. The van der Waals surface area contributed by atoms with Crippen molar-refractivity contribution in [1.82, 2.24) is 0 Å². The fourth-order valence-corrected chi connectivity index (χ4v) is 3.27. The zero-order valence-corrected chi connectivity index (χ0v) is 17.0. The fraction of sp³-hybridized carbons (Fsp3) is 0.208. The lowest BCUT2D eigenvalue weighted by molar-refractivity contribution is -0.121. The number of methoxy groups -OCH3 is 2. The molecule has 3 aromatic rings. The van der Waals surface area contributed by atoms with Crippen molar-refractivity contribution in [1.29, 1.82) is 0 Å². The van der Waals surface area contributed by atoms with E-state index in [9.17, 15) is 4.79 Å². The number of ether oxygens (including phenoxy) is 2. The quantitative estimate of drug-likeness (QED) is 0.587. The summed E-state index contributed by atoms with van der Waals surface area (Å²) in [5, 5.41) is 0. The van der Waals surface area contributed by atoms with Crippen LogP contribution in [0.25, 0.3) is 0 Å². The molecule has 0 heterocycles.